The van der Waals surface area contributed by atoms with E-state index in [-0.39, 0.29) is 5.03 Å². The van der Waals surface area contributed by atoms with Gasteiger partial charge >= 0.3 is 0 Å². The number of nitrogens with zero attached hydrogens (tertiary/aromatic N) is 1. The molecule has 0 atom stereocenters. The number of carbonyl (C=O) groups is 1. The molecule has 8 heteroatoms. The summed E-state index contributed by atoms with van der Waals surface area (Å²) in [6, 6.07) is 14.6. The SMILES string of the molecule is Cc1ccc(OCC(=O)NS(=O)(=O)c2csc(-c3ccccc3)n2)cc1C. The van der Waals surface area contributed by atoms with Crippen LogP contribution in [0.15, 0.2) is 58.9 Å². The molecule has 0 aliphatic heterocycles. The maximum atomic E-state index is 12.4. The van der Waals surface area contributed by atoms with Crippen LogP contribution in [-0.2, 0) is 14.8 Å². The second kappa shape index (κ2) is 7.89. The van der Waals surface area contributed by atoms with Gasteiger partial charge in [-0.05, 0) is 37.1 Å². The minimum Gasteiger partial charge on any atom is -0.484 e. The number of amides is 1. The number of ether oxygens (including phenoxy) is 1. The summed E-state index contributed by atoms with van der Waals surface area (Å²) in [6.45, 7) is 3.49. The maximum Gasteiger partial charge on any atom is 0.282 e. The van der Waals surface area contributed by atoms with Crippen molar-refractivity contribution in [1.82, 2.24) is 9.71 Å². The van der Waals surface area contributed by atoms with Crippen molar-refractivity contribution in [3.05, 3.63) is 65.0 Å². The zero-order valence-corrected chi connectivity index (χ0v) is 16.4. The molecule has 1 heterocycles. The average molecular weight is 402 g/mol. The van der Waals surface area contributed by atoms with Crippen LogP contribution in [0.5, 0.6) is 5.75 Å². The molecule has 1 amide bonds. The maximum absolute atomic E-state index is 12.4. The lowest BCUT2D eigenvalue weighted by atomic mass is 10.1. The summed E-state index contributed by atoms with van der Waals surface area (Å²) in [7, 11) is -4.05. The lowest BCUT2D eigenvalue weighted by Gasteiger charge is -2.08. The van der Waals surface area contributed by atoms with E-state index in [0.717, 1.165) is 16.7 Å². The van der Waals surface area contributed by atoms with Gasteiger partial charge in [-0.3, -0.25) is 4.79 Å². The number of sulfonamides is 1. The Hall–Kier alpha value is -2.71. The second-order valence-corrected chi connectivity index (χ2v) is 8.41. The van der Waals surface area contributed by atoms with Crippen molar-refractivity contribution < 1.29 is 17.9 Å². The van der Waals surface area contributed by atoms with Gasteiger partial charge in [0.15, 0.2) is 11.6 Å². The molecule has 3 rings (SSSR count). The number of rotatable bonds is 6. The van der Waals surface area contributed by atoms with Crippen molar-refractivity contribution in [3.63, 3.8) is 0 Å². The second-order valence-electron chi connectivity index (χ2n) is 5.92. The van der Waals surface area contributed by atoms with Gasteiger partial charge in [-0.1, -0.05) is 36.4 Å². The Morgan fingerprint density at radius 2 is 1.85 bits per heavy atom. The lowest BCUT2D eigenvalue weighted by Crippen LogP contribution is -2.34. The van der Waals surface area contributed by atoms with E-state index < -0.39 is 22.5 Å². The summed E-state index contributed by atoms with van der Waals surface area (Å²) >= 11 is 1.20. The van der Waals surface area contributed by atoms with Gasteiger partial charge in [-0.25, -0.2) is 9.71 Å². The number of hydrogen-bond acceptors (Lipinski definition) is 6. The molecule has 0 aliphatic carbocycles. The monoisotopic (exact) mass is 402 g/mol. The van der Waals surface area contributed by atoms with E-state index in [1.165, 1.54) is 16.7 Å². The van der Waals surface area contributed by atoms with Crippen molar-refractivity contribution >= 4 is 27.3 Å². The Morgan fingerprint density at radius 1 is 1.11 bits per heavy atom. The van der Waals surface area contributed by atoms with Crippen molar-refractivity contribution in [1.29, 1.82) is 0 Å². The minimum absolute atomic E-state index is 0.189. The van der Waals surface area contributed by atoms with Gasteiger partial charge in [0, 0.05) is 10.9 Å². The molecule has 2 aromatic carbocycles. The predicted molar refractivity (Wildman–Crippen MR) is 104 cm³/mol. The summed E-state index contributed by atoms with van der Waals surface area (Å²) in [5.41, 5.74) is 2.94. The Morgan fingerprint density at radius 3 is 2.56 bits per heavy atom. The lowest BCUT2D eigenvalue weighted by molar-refractivity contribution is -0.121. The van der Waals surface area contributed by atoms with Gasteiger partial charge in [-0.2, -0.15) is 8.42 Å². The first-order valence-electron chi connectivity index (χ1n) is 8.12. The Kier molecular flexibility index (Phi) is 5.57. The van der Waals surface area contributed by atoms with Crippen molar-refractivity contribution in [2.45, 2.75) is 18.9 Å². The Labute approximate surface area is 161 Å². The largest absolute Gasteiger partial charge is 0.484 e. The molecular formula is C19H18N2O4S2. The third-order valence-corrected chi connectivity index (χ3v) is 6.17. The van der Waals surface area contributed by atoms with E-state index in [1.54, 1.807) is 12.1 Å². The molecule has 3 aromatic rings. The zero-order chi connectivity index (χ0) is 19.4. The van der Waals surface area contributed by atoms with Gasteiger partial charge < -0.3 is 4.74 Å². The van der Waals surface area contributed by atoms with E-state index >= 15 is 0 Å². The molecule has 0 radical (unpaired) electrons. The number of thiazole rings is 1. The fourth-order valence-corrected chi connectivity index (χ4v) is 4.35. The number of benzene rings is 2. The first-order valence-corrected chi connectivity index (χ1v) is 10.5. The summed E-state index contributed by atoms with van der Waals surface area (Å²) in [5, 5.41) is 1.78. The molecule has 0 aliphatic rings. The summed E-state index contributed by atoms with van der Waals surface area (Å²) in [5.74, 6) is -0.256. The van der Waals surface area contributed by atoms with Gasteiger partial charge in [0.2, 0.25) is 0 Å². The van der Waals surface area contributed by atoms with Crippen LogP contribution in [0.25, 0.3) is 10.6 Å². The number of hydrogen-bond donors (Lipinski definition) is 1. The molecule has 0 unspecified atom stereocenters. The van der Waals surface area contributed by atoms with Gasteiger partial charge in [0.1, 0.15) is 10.8 Å². The molecule has 1 N–H and O–H groups in total. The number of carbonyl (C=O) groups excluding carboxylic acids is 1. The number of nitrogens with one attached hydrogen (secondary N) is 1. The third-order valence-electron chi connectivity index (χ3n) is 3.88. The van der Waals surface area contributed by atoms with Crippen LogP contribution < -0.4 is 9.46 Å². The molecule has 0 spiro atoms. The van der Waals surface area contributed by atoms with Crippen LogP contribution in [0, 0.1) is 13.8 Å². The van der Waals surface area contributed by atoms with Gasteiger partial charge in [0.05, 0.1) is 0 Å². The van der Waals surface area contributed by atoms with E-state index in [4.69, 9.17) is 4.74 Å². The highest BCUT2D eigenvalue weighted by molar-refractivity contribution is 7.90. The average Bonchev–Trinajstić information content (AvgIpc) is 3.14. The molecule has 27 heavy (non-hydrogen) atoms. The summed E-state index contributed by atoms with van der Waals surface area (Å²) in [4.78, 5) is 16.1. The van der Waals surface area contributed by atoms with Crippen molar-refractivity contribution in [2.75, 3.05) is 6.61 Å². The van der Waals surface area contributed by atoms with Crippen LogP contribution in [0.4, 0.5) is 0 Å². The Balaban J connectivity index is 1.64. The molecule has 0 fully saturated rings. The van der Waals surface area contributed by atoms with Crippen LogP contribution >= 0.6 is 11.3 Å². The fourth-order valence-electron chi connectivity index (χ4n) is 2.28. The highest BCUT2D eigenvalue weighted by Crippen LogP contribution is 2.25. The smallest absolute Gasteiger partial charge is 0.282 e. The van der Waals surface area contributed by atoms with Crippen molar-refractivity contribution in [2.24, 2.45) is 0 Å². The minimum atomic E-state index is -4.05. The molecule has 0 saturated heterocycles. The Bertz CT molecular complexity index is 1060. The normalized spacial score (nSPS) is 11.2. The topological polar surface area (TPSA) is 85.4 Å². The summed E-state index contributed by atoms with van der Waals surface area (Å²) in [6.07, 6.45) is 0. The molecule has 140 valence electrons. The fraction of sp³-hybridized carbons (Fsp3) is 0.158. The highest BCUT2D eigenvalue weighted by Gasteiger charge is 2.21. The van der Waals surface area contributed by atoms with Crippen LogP contribution in [-0.4, -0.2) is 25.9 Å². The molecule has 1 aromatic heterocycles. The van der Waals surface area contributed by atoms with Crippen molar-refractivity contribution in [3.8, 4) is 16.3 Å². The molecular weight excluding hydrogens is 384 g/mol. The number of aryl methyl sites for hydroxylation is 2. The highest BCUT2D eigenvalue weighted by atomic mass is 32.2. The molecule has 0 saturated carbocycles. The van der Waals surface area contributed by atoms with Crippen LogP contribution in [0.1, 0.15) is 11.1 Å². The van der Waals surface area contributed by atoms with E-state index in [9.17, 15) is 13.2 Å². The third kappa shape index (κ3) is 4.72. The standard InChI is InChI=1S/C19H18N2O4S2/c1-13-8-9-16(10-14(13)2)25-11-17(22)21-27(23,24)18-12-26-19(20-18)15-6-4-3-5-7-15/h3-10,12H,11H2,1-2H3,(H,21,22). The first-order chi connectivity index (χ1) is 12.8. The van der Waals surface area contributed by atoms with Crippen LogP contribution in [0.2, 0.25) is 0 Å². The van der Waals surface area contributed by atoms with E-state index in [2.05, 4.69) is 4.98 Å². The number of aromatic nitrogens is 1. The zero-order valence-electron chi connectivity index (χ0n) is 14.8. The molecule has 6 nitrogen and oxygen atoms in total. The van der Waals surface area contributed by atoms with E-state index in [1.807, 2.05) is 55.0 Å². The summed E-state index contributed by atoms with van der Waals surface area (Å²) < 4.78 is 32.1. The first kappa shape index (κ1) is 19.1. The molecule has 0 bridgehead atoms. The predicted octanol–water partition coefficient (Wildman–Crippen LogP) is 3.31. The van der Waals surface area contributed by atoms with Gasteiger partial charge in [-0.15, -0.1) is 11.3 Å². The van der Waals surface area contributed by atoms with Crippen LogP contribution in [0.3, 0.4) is 0 Å². The quantitative estimate of drug-likeness (QED) is 0.684. The van der Waals surface area contributed by atoms with Gasteiger partial charge in [0.25, 0.3) is 15.9 Å². The van der Waals surface area contributed by atoms with E-state index in [0.29, 0.717) is 10.8 Å².